The van der Waals surface area contributed by atoms with Crippen molar-refractivity contribution in [3.05, 3.63) is 78.8 Å². The van der Waals surface area contributed by atoms with Crippen molar-refractivity contribution in [1.82, 2.24) is 19.1 Å². The Balaban J connectivity index is 1.51. The van der Waals surface area contributed by atoms with Crippen LogP contribution < -0.4 is 0 Å². The summed E-state index contributed by atoms with van der Waals surface area (Å²) in [6.45, 7) is 2.93. The predicted molar refractivity (Wildman–Crippen MR) is 110 cm³/mol. The zero-order valence-corrected chi connectivity index (χ0v) is 15.8. The van der Waals surface area contributed by atoms with E-state index in [1.54, 1.807) is 4.68 Å². The molecule has 0 N–H and O–H groups in total. The van der Waals surface area contributed by atoms with Crippen LogP contribution in [-0.4, -0.2) is 37.6 Å². The number of fused-ring (bicyclic) bond motifs is 1. The largest absolute Gasteiger partial charge is 0.335 e. The van der Waals surface area contributed by atoms with Crippen LogP contribution in [0.25, 0.3) is 22.5 Å². The molecule has 0 radical (unpaired) electrons. The number of aromatic nitrogens is 3. The van der Waals surface area contributed by atoms with Gasteiger partial charge >= 0.3 is 0 Å². The maximum absolute atomic E-state index is 12.8. The Hall–Kier alpha value is -3.34. The third kappa shape index (κ3) is 2.80. The number of carbonyl (C=O) groups is 1. The summed E-state index contributed by atoms with van der Waals surface area (Å²) in [5, 5.41) is 4.59. The Bertz CT molecular complexity index is 1140. The molecular formula is C23H22N4O. The van der Waals surface area contributed by atoms with Gasteiger partial charge in [0, 0.05) is 30.5 Å². The van der Waals surface area contributed by atoms with Crippen LogP contribution in [-0.2, 0) is 0 Å². The second-order valence-corrected chi connectivity index (χ2v) is 7.41. The Labute approximate surface area is 163 Å². The third-order valence-corrected chi connectivity index (χ3v) is 5.59. The predicted octanol–water partition coefficient (Wildman–Crippen LogP) is 4.42. The van der Waals surface area contributed by atoms with Gasteiger partial charge in [-0.05, 0) is 55.2 Å². The Kier molecular flexibility index (Phi) is 4.01. The van der Waals surface area contributed by atoms with Crippen molar-refractivity contribution in [2.24, 2.45) is 0 Å². The lowest BCUT2D eigenvalue weighted by Gasteiger charge is -2.19. The zero-order valence-electron chi connectivity index (χ0n) is 15.8. The highest BCUT2D eigenvalue weighted by Gasteiger charge is 2.27. The van der Waals surface area contributed by atoms with E-state index in [0.717, 1.165) is 36.3 Å². The summed E-state index contributed by atoms with van der Waals surface area (Å²) in [5.74, 6) is 0.941. The molecule has 5 nitrogen and oxygen atoms in total. The molecule has 1 saturated heterocycles. The number of amides is 1. The highest BCUT2D eigenvalue weighted by molar-refractivity contribution is 5.92. The summed E-state index contributed by atoms with van der Waals surface area (Å²) in [4.78, 5) is 14.7. The van der Waals surface area contributed by atoms with Crippen LogP contribution in [0.4, 0.5) is 0 Å². The van der Waals surface area contributed by atoms with Gasteiger partial charge in [-0.25, -0.2) is 4.68 Å². The van der Waals surface area contributed by atoms with Crippen LogP contribution in [0.1, 0.15) is 30.3 Å². The number of rotatable bonds is 3. The van der Waals surface area contributed by atoms with Gasteiger partial charge in [-0.1, -0.05) is 36.4 Å². The van der Waals surface area contributed by atoms with Crippen molar-refractivity contribution in [2.75, 3.05) is 6.54 Å². The van der Waals surface area contributed by atoms with Crippen molar-refractivity contribution in [1.29, 1.82) is 0 Å². The minimum absolute atomic E-state index is 0.0228. The van der Waals surface area contributed by atoms with E-state index in [9.17, 15) is 4.79 Å². The van der Waals surface area contributed by atoms with E-state index in [4.69, 9.17) is 0 Å². The molecule has 1 fully saturated rings. The molecule has 5 rings (SSSR count). The molecule has 1 aromatic carbocycles. The molecule has 28 heavy (non-hydrogen) atoms. The average Bonchev–Trinajstić information content (AvgIpc) is 3.46. The number of hydrogen-bond acceptors (Lipinski definition) is 2. The van der Waals surface area contributed by atoms with Crippen LogP contribution in [0, 0.1) is 0 Å². The standard InChI is InChI=1S/C23H22N4O/c1-17-6-5-14-25(17)23(28)21-13-15-27(24-21)22-12-11-20-10-9-19(16-26(20)22)18-7-3-2-4-8-18/h2-4,7-13,15-17H,5-6,14H2,1H3/t17-/m1/s1. The number of likely N-dealkylation sites (tertiary alicyclic amines) is 1. The second-order valence-electron chi connectivity index (χ2n) is 7.41. The van der Waals surface area contributed by atoms with Crippen LogP contribution in [0.5, 0.6) is 0 Å². The quantitative estimate of drug-likeness (QED) is 0.536. The number of nitrogens with zero attached hydrogens (tertiary/aromatic N) is 4. The van der Waals surface area contributed by atoms with E-state index in [0.29, 0.717) is 11.7 Å². The van der Waals surface area contributed by atoms with E-state index in [1.807, 2.05) is 41.4 Å². The van der Waals surface area contributed by atoms with Gasteiger partial charge in [0.05, 0.1) is 0 Å². The fourth-order valence-corrected chi connectivity index (χ4v) is 4.02. The summed E-state index contributed by atoms with van der Waals surface area (Å²) >= 11 is 0. The van der Waals surface area contributed by atoms with Gasteiger partial charge in [0.2, 0.25) is 0 Å². The molecule has 5 heteroatoms. The zero-order chi connectivity index (χ0) is 19.1. The Morgan fingerprint density at radius 1 is 1.00 bits per heavy atom. The smallest absolute Gasteiger partial charge is 0.274 e. The molecular weight excluding hydrogens is 348 g/mol. The van der Waals surface area contributed by atoms with Gasteiger partial charge in [0.15, 0.2) is 5.69 Å². The second kappa shape index (κ2) is 6.68. The summed E-state index contributed by atoms with van der Waals surface area (Å²) in [5.41, 5.74) is 3.90. The molecule has 0 unspecified atom stereocenters. The lowest BCUT2D eigenvalue weighted by molar-refractivity contribution is 0.0741. The van der Waals surface area contributed by atoms with Crippen LogP contribution >= 0.6 is 0 Å². The van der Waals surface area contributed by atoms with Gasteiger partial charge in [0.25, 0.3) is 5.91 Å². The highest BCUT2D eigenvalue weighted by atomic mass is 16.2. The van der Waals surface area contributed by atoms with Gasteiger partial charge in [0.1, 0.15) is 5.82 Å². The minimum Gasteiger partial charge on any atom is -0.335 e. The monoisotopic (exact) mass is 370 g/mol. The van der Waals surface area contributed by atoms with Crippen LogP contribution in [0.15, 0.2) is 73.1 Å². The maximum Gasteiger partial charge on any atom is 0.274 e. The minimum atomic E-state index is 0.0228. The molecule has 4 heterocycles. The molecule has 0 spiro atoms. The number of benzene rings is 1. The van der Waals surface area contributed by atoms with Crippen LogP contribution in [0.2, 0.25) is 0 Å². The molecule has 0 saturated carbocycles. The van der Waals surface area contributed by atoms with Gasteiger partial charge in [-0.15, -0.1) is 0 Å². The first-order valence-electron chi connectivity index (χ1n) is 9.74. The van der Waals surface area contributed by atoms with Crippen LogP contribution in [0.3, 0.4) is 0 Å². The number of hydrogen-bond donors (Lipinski definition) is 0. The molecule has 1 aliphatic heterocycles. The normalized spacial score (nSPS) is 16.8. The van der Waals surface area contributed by atoms with Gasteiger partial charge in [-0.3, -0.25) is 4.79 Å². The van der Waals surface area contributed by atoms with E-state index in [1.165, 1.54) is 5.56 Å². The molecule has 3 aromatic heterocycles. The van der Waals surface area contributed by atoms with Crippen molar-refractivity contribution in [2.45, 2.75) is 25.8 Å². The summed E-state index contributed by atoms with van der Waals surface area (Å²) in [6, 6.07) is 20.7. The van der Waals surface area contributed by atoms with E-state index < -0.39 is 0 Å². The maximum atomic E-state index is 12.8. The van der Waals surface area contributed by atoms with E-state index >= 15 is 0 Å². The lowest BCUT2D eigenvalue weighted by Crippen LogP contribution is -2.33. The van der Waals surface area contributed by atoms with Crippen molar-refractivity contribution >= 4 is 11.4 Å². The summed E-state index contributed by atoms with van der Waals surface area (Å²) in [7, 11) is 0. The summed E-state index contributed by atoms with van der Waals surface area (Å²) in [6.07, 6.45) is 6.12. The highest BCUT2D eigenvalue weighted by Crippen LogP contribution is 2.23. The number of carbonyl (C=O) groups excluding carboxylic acids is 1. The fourth-order valence-electron chi connectivity index (χ4n) is 4.02. The van der Waals surface area contributed by atoms with Gasteiger partial charge in [-0.2, -0.15) is 5.10 Å². The van der Waals surface area contributed by atoms with E-state index in [2.05, 4.69) is 53.0 Å². The first kappa shape index (κ1) is 16.8. The molecule has 0 bridgehead atoms. The third-order valence-electron chi connectivity index (χ3n) is 5.59. The van der Waals surface area contributed by atoms with Crippen molar-refractivity contribution in [3.63, 3.8) is 0 Å². The van der Waals surface area contributed by atoms with E-state index in [-0.39, 0.29) is 5.91 Å². The fraction of sp³-hybridized carbons (Fsp3) is 0.217. The molecule has 4 aromatic rings. The Morgan fingerprint density at radius 2 is 1.82 bits per heavy atom. The first-order valence-corrected chi connectivity index (χ1v) is 9.74. The average molecular weight is 370 g/mol. The topological polar surface area (TPSA) is 42.5 Å². The summed E-state index contributed by atoms with van der Waals surface area (Å²) < 4.78 is 3.90. The first-order chi connectivity index (χ1) is 13.7. The molecule has 1 aliphatic rings. The lowest BCUT2D eigenvalue weighted by atomic mass is 10.1. The SMILES string of the molecule is C[C@@H]1CCCN1C(=O)c1ccn(-c2ccc3ccc(-c4ccccc4)cn23)n1. The molecule has 0 aliphatic carbocycles. The number of pyridine rings is 1. The molecule has 1 amide bonds. The van der Waals surface area contributed by atoms with Crippen molar-refractivity contribution < 1.29 is 4.79 Å². The molecule has 140 valence electrons. The van der Waals surface area contributed by atoms with Crippen molar-refractivity contribution in [3.8, 4) is 16.9 Å². The Morgan fingerprint density at radius 3 is 2.61 bits per heavy atom. The van der Waals surface area contributed by atoms with Gasteiger partial charge < -0.3 is 9.30 Å². The molecule has 1 atom stereocenters.